The van der Waals surface area contributed by atoms with Gasteiger partial charge in [-0.3, -0.25) is 4.79 Å². The Morgan fingerprint density at radius 1 is 1.36 bits per heavy atom. The minimum Gasteiger partial charge on any atom is -0.476 e. The average Bonchev–Trinajstić information content (AvgIpc) is 3.17. The lowest BCUT2D eigenvalue weighted by molar-refractivity contribution is 0.0691. The molecule has 2 aromatic heterocycles. The molecule has 1 amide bonds. The van der Waals surface area contributed by atoms with Crippen molar-refractivity contribution in [2.24, 2.45) is 7.05 Å². The highest BCUT2D eigenvalue weighted by Crippen LogP contribution is 2.34. The van der Waals surface area contributed by atoms with Crippen molar-refractivity contribution >= 4 is 23.2 Å². The van der Waals surface area contributed by atoms with E-state index in [1.54, 1.807) is 11.1 Å². The number of hydrogen-bond acceptors (Lipinski definition) is 5. The summed E-state index contributed by atoms with van der Waals surface area (Å²) in [5, 5.41) is 11.2. The van der Waals surface area contributed by atoms with Crippen molar-refractivity contribution in [2.75, 3.05) is 6.54 Å². The first-order valence-electron chi connectivity index (χ1n) is 6.97. The van der Waals surface area contributed by atoms with E-state index in [-0.39, 0.29) is 17.6 Å². The number of carboxylic acids is 1. The van der Waals surface area contributed by atoms with Gasteiger partial charge in [0.1, 0.15) is 16.5 Å². The second-order valence-corrected chi connectivity index (χ2v) is 6.21. The van der Waals surface area contributed by atoms with E-state index in [1.807, 2.05) is 18.5 Å². The third-order valence-electron chi connectivity index (χ3n) is 3.87. The van der Waals surface area contributed by atoms with Crippen molar-refractivity contribution in [3.8, 4) is 0 Å². The highest BCUT2D eigenvalue weighted by atomic mass is 32.1. The first-order chi connectivity index (χ1) is 10.5. The Kier molecular flexibility index (Phi) is 3.69. The maximum absolute atomic E-state index is 12.6. The summed E-state index contributed by atoms with van der Waals surface area (Å²) in [5.74, 6) is -0.390. The number of aromatic nitrogens is 3. The highest BCUT2D eigenvalue weighted by molar-refractivity contribution is 7.09. The van der Waals surface area contributed by atoms with Crippen molar-refractivity contribution in [3.05, 3.63) is 33.8 Å². The largest absolute Gasteiger partial charge is 0.476 e. The zero-order chi connectivity index (χ0) is 15.9. The first-order valence-corrected chi connectivity index (χ1v) is 7.85. The highest BCUT2D eigenvalue weighted by Gasteiger charge is 2.34. The molecule has 3 heterocycles. The number of nitrogens with zero attached hydrogens (tertiary/aromatic N) is 4. The maximum atomic E-state index is 12.6. The molecule has 22 heavy (non-hydrogen) atoms. The minimum absolute atomic E-state index is 0.0352. The van der Waals surface area contributed by atoms with Crippen LogP contribution in [0.15, 0.2) is 11.6 Å². The summed E-state index contributed by atoms with van der Waals surface area (Å²) in [7, 11) is 1.85. The van der Waals surface area contributed by atoms with Crippen LogP contribution in [0.4, 0.5) is 0 Å². The minimum atomic E-state index is -1.04. The number of carboxylic acid groups (broad SMARTS) is 1. The first kappa shape index (κ1) is 14.7. The molecule has 0 saturated carbocycles. The summed E-state index contributed by atoms with van der Waals surface area (Å²) < 4.78 is 1.81. The van der Waals surface area contributed by atoms with Crippen molar-refractivity contribution < 1.29 is 14.7 Å². The van der Waals surface area contributed by atoms with Crippen LogP contribution in [-0.4, -0.2) is 43.0 Å². The Balaban J connectivity index is 1.86. The van der Waals surface area contributed by atoms with E-state index < -0.39 is 5.97 Å². The predicted octanol–water partition coefficient (Wildman–Crippen LogP) is 1.86. The quantitative estimate of drug-likeness (QED) is 0.932. The van der Waals surface area contributed by atoms with Gasteiger partial charge in [0.25, 0.3) is 5.91 Å². The Bertz CT molecular complexity index is 717. The van der Waals surface area contributed by atoms with E-state index >= 15 is 0 Å². The molecule has 1 saturated heterocycles. The van der Waals surface area contributed by atoms with E-state index in [2.05, 4.69) is 9.97 Å². The van der Waals surface area contributed by atoms with Gasteiger partial charge in [-0.2, -0.15) is 0 Å². The molecule has 1 aliphatic rings. The van der Waals surface area contributed by atoms with Gasteiger partial charge in [0.2, 0.25) is 0 Å². The molecule has 3 rings (SSSR count). The second kappa shape index (κ2) is 5.53. The fourth-order valence-electron chi connectivity index (χ4n) is 2.61. The number of carbonyl (C=O) groups is 2. The van der Waals surface area contributed by atoms with Gasteiger partial charge < -0.3 is 14.6 Å². The summed E-state index contributed by atoms with van der Waals surface area (Å²) in [6.07, 6.45) is 3.39. The van der Waals surface area contributed by atoms with Crippen LogP contribution in [0.5, 0.6) is 0 Å². The molecule has 7 nitrogen and oxygen atoms in total. The van der Waals surface area contributed by atoms with Crippen molar-refractivity contribution in [2.45, 2.75) is 25.8 Å². The molecule has 2 aromatic rings. The van der Waals surface area contributed by atoms with Crippen LogP contribution < -0.4 is 0 Å². The summed E-state index contributed by atoms with van der Waals surface area (Å²) in [6.45, 7) is 2.49. The lowest BCUT2D eigenvalue weighted by Crippen LogP contribution is -2.30. The maximum Gasteiger partial charge on any atom is 0.355 e. The normalized spacial score (nSPS) is 17.9. The predicted molar refractivity (Wildman–Crippen MR) is 80.0 cm³/mol. The molecule has 116 valence electrons. The molecular weight excluding hydrogens is 304 g/mol. The zero-order valence-electron chi connectivity index (χ0n) is 12.3. The standard InChI is InChI=1S/C14H16N4O3S/c1-8-15-9(6-17(8)2)13(19)18-5-3-4-11(18)12-16-10(7-22-12)14(20)21/h6-7,11H,3-5H2,1-2H3,(H,20,21)/t11-/m0/s1. The van der Waals surface area contributed by atoms with Crippen LogP contribution in [0.3, 0.4) is 0 Å². The number of hydrogen-bond donors (Lipinski definition) is 1. The van der Waals surface area contributed by atoms with E-state index in [9.17, 15) is 9.59 Å². The third-order valence-corrected chi connectivity index (χ3v) is 4.81. The summed E-state index contributed by atoms with van der Waals surface area (Å²) >= 11 is 1.29. The summed E-state index contributed by atoms with van der Waals surface area (Å²) in [6, 6.07) is -0.159. The fourth-order valence-corrected chi connectivity index (χ4v) is 3.55. The summed E-state index contributed by atoms with van der Waals surface area (Å²) in [4.78, 5) is 33.8. The van der Waals surface area contributed by atoms with Gasteiger partial charge in [0.15, 0.2) is 5.69 Å². The van der Waals surface area contributed by atoms with Gasteiger partial charge in [0.05, 0.1) is 6.04 Å². The molecule has 1 fully saturated rings. The Labute approximate surface area is 131 Å². The number of aryl methyl sites for hydroxylation is 2. The van der Waals surface area contributed by atoms with Crippen molar-refractivity contribution in [1.29, 1.82) is 0 Å². The smallest absolute Gasteiger partial charge is 0.355 e. The Morgan fingerprint density at radius 2 is 2.14 bits per heavy atom. The molecule has 0 bridgehead atoms. The van der Waals surface area contributed by atoms with Gasteiger partial charge >= 0.3 is 5.97 Å². The average molecular weight is 320 g/mol. The molecule has 0 aliphatic carbocycles. The van der Waals surface area contributed by atoms with E-state index in [0.29, 0.717) is 17.2 Å². The topological polar surface area (TPSA) is 88.3 Å². The van der Waals surface area contributed by atoms with Crippen LogP contribution in [0.2, 0.25) is 0 Å². The molecule has 0 unspecified atom stereocenters. The fraction of sp³-hybridized carbons (Fsp3) is 0.429. The molecule has 8 heteroatoms. The van der Waals surface area contributed by atoms with Gasteiger partial charge in [0, 0.05) is 25.2 Å². The van der Waals surface area contributed by atoms with Gasteiger partial charge in [-0.05, 0) is 19.8 Å². The van der Waals surface area contributed by atoms with Crippen LogP contribution >= 0.6 is 11.3 Å². The molecule has 1 atom stereocenters. The van der Waals surface area contributed by atoms with Gasteiger partial charge in [-0.15, -0.1) is 11.3 Å². The van der Waals surface area contributed by atoms with Crippen LogP contribution in [0.25, 0.3) is 0 Å². The van der Waals surface area contributed by atoms with Crippen molar-refractivity contribution in [3.63, 3.8) is 0 Å². The number of imidazole rings is 1. The number of amides is 1. The number of carbonyl (C=O) groups excluding carboxylic acids is 1. The zero-order valence-corrected chi connectivity index (χ0v) is 13.1. The van der Waals surface area contributed by atoms with E-state index in [0.717, 1.165) is 18.7 Å². The SMILES string of the molecule is Cc1nc(C(=O)N2CCC[C@H]2c2nc(C(=O)O)cs2)cn1C. The lowest BCUT2D eigenvalue weighted by atomic mass is 10.2. The molecule has 1 aliphatic heterocycles. The van der Waals surface area contributed by atoms with E-state index in [1.165, 1.54) is 16.7 Å². The molecular formula is C14H16N4O3S. The summed E-state index contributed by atoms with van der Waals surface area (Å²) in [5.41, 5.74) is 0.454. The molecule has 0 radical (unpaired) electrons. The molecule has 1 N–H and O–H groups in total. The third kappa shape index (κ3) is 2.50. The Hall–Kier alpha value is -2.22. The van der Waals surface area contributed by atoms with Crippen LogP contribution in [-0.2, 0) is 7.05 Å². The monoisotopic (exact) mass is 320 g/mol. The van der Waals surface area contributed by atoms with Gasteiger partial charge in [-0.1, -0.05) is 0 Å². The van der Waals surface area contributed by atoms with Crippen LogP contribution in [0, 0.1) is 6.92 Å². The number of rotatable bonds is 3. The van der Waals surface area contributed by atoms with E-state index in [4.69, 9.17) is 5.11 Å². The van der Waals surface area contributed by atoms with Crippen LogP contribution in [0.1, 0.15) is 50.7 Å². The molecule has 0 aromatic carbocycles. The number of likely N-dealkylation sites (tertiary alicyclic amines) is 1. The van der Waals surface area contributed by atoms with Crippen molar-refractivity contribution in [1.82, 2.24) is 19.4 Å². The second-order valence-electron chi connectivity index (χ2n) is 5.32. The Morgan fingerprint density at radius 3 is 2.73 bits per heavy atom. The number of aromatic carboxylic acids is 1. The molecule has 0 spiro atoms. The lowest BCUT2D eigenvalue weighted by Gasteiger charge is -2.22. The number of thiazole rings is 1. The van der Waals surface area contributed by atoms with Gasteiger partial charge in [-0.25, -0.2) is 14.8 Å².